The first-order valence-corrected chi connectivity index (χ1v) is 3.11. The smallest absolute Gasteiger partial charge is 1.00 e. The summed E-state index contributed by atoms with van der Waals surface area (Å²) in [6.45, 7) is 0. The van der Waals surface area contributed by atoms with E-state index in [-0.39, 0.29) is 51.8 Å². The largest absolute Gasteiger partial charge is 2.00 e. The van der Waals surface area contributed by atoms with Crippen molar-refractivity contribution in [3.63, 3.8) is 0 Å². The van der Waals surface area contributed by atoms with Crippen LogP contribution in [0.3, 0.4) is 0 Å². The Bertz CT molecular complexity index is 596. The van der Waals surface area contributed by atoms with Crippen LogP contribution in [0.2, 0.25) is 0 Å². The van der Waals surface area contributed by atoms with Crippen LogP contribution in [0.5, 0.6) is 0 Å². The SMILES string of the molecule is O=c1[nH]c(=O)c2[nH]c(=O)[nH]c2[nH]1.[Ca+2].[H-].[H-]. The van der Waals surface area contributed by atoms with E-state index in [0.717, 1.165) is 0 Å². The normalized spacial score (nSPS) is 9.85. The van der Waals surface area contributed by atoms with Crippen molar-refractivity contribution in [3.8, 4) is 0 Å². The van der Waals surface area contributed by atoms with Gasteiger partial charge in [-0.15, -0.1) is 0 Å². The molecule has 0 aliphatic heterocycles. The standard InChI is InChI=1S/C5H4N4O3.Ca.2H/c10-3-1-2(7-4(11)6-1)8-5(12)9-3;;;/h(H4,6,7,8,9,10,11,12);;;/q;+2;2*-1. The van der Waals surface area contributed by atoms with Gasteiger partial charge in [0, 0.05) is 0 Å². The van der Waals surface area contributed by atoms with Crippen LogP contribution in [-0.2, 0) is 0 Å². The molecular formula is C5H6CaN4O3. The van der Waals surface area contributed by atoms with E-state index in [9.17, 15) is 14.4 Å². The number of hydrogen-bond donors (Lipinski definition) is 4. The van der Waals surface area contributed by atoms with Crippen LogP contribution in [-0.4, -0.2) is 57.7 Å². The molecule has 0 aliphatic rings. The molecule has 0 saturated carbocycles. The van der Waals surface area contributed by atoms with E-state index in [4.69, 9.17) is 0 Å². The average molecular weight is 210 g/mol. The molecular weight excluding hydrogens is 204 g/mol. The number of H-pyrrole nitrogens is 4. The van der Waals surface area contributed by atoms with Crippen molar-refractivity contribution in [2.75, 3.05) is 0 Å². The number of aromatic nitrogens is 4. The molecule has 7 nitrogen and oxygen atoms in total. The molecule has 0 saturated heterocycles. The number of aromatic amines is 4. The number of imidazole rings is 1. The number of hydrogen-bond acceptors (Lipinski definition) is 3. The maximum Gasteiger partial charge on any atom is 2.00 e. The Morgan fingerprint density at radius 2 is 1.38 bits per heavy atom. The Labute approximate surface area is 103 Å². The molecule has 0 radical (unpaired) electrons. The van der Waals surface area contributed by atoms with Gasteiger partial charge in [0.05, 0.1) is 0 Å². The molecule has 0 atom stereocenters. The van der Waals surface area contributed by atoms with Crippen LogP contribution < -0.4 is 16.9 Å². The summed E-state index contributed by atoms with van der Waals surface area (Å²) >= 11 is 0. The van der Waals surface area contributed by atoms with Gasteiger partial charge in [-0.1, -0.05) is 0 Å². The maximum atomic E-state index is 10.9. The van der Waals surface area contributed by atoms with Gasteiger partial charge in [-0.25, -0.2) is 9.59 Å². The third kappa shape index (κ3) is 1.77. The maximum absolute atomic E-state index is 10.9. The van der Waals surface area contributed by atoms with Gasteiger partial charge in [0.25, 0.3) is 5.56 Å². The first kappa shape index (κ1) is 10.3. The summed E-state index contributed by atoms with van der Waals surface area (Å²) in [5.41, 5.74) is -1.65. The van der Waals surface area contributed by atoms with Gasteiger partial charge >= 0.3 is 49.1 Å². The van der Waals surface area contributed by atoms with Crippen molar-refractivity contribution in [1.29, 1.82) is 0 Å². The van der Waals surface area contributed by atoms with Gasteiger partial charge in [0.15, 0.2) is 0 Å². The van der Waals surface area contributed by atoms with Crippen molar-refractivity contribution in [1.82, 2.24) is 19.9 Å². The average Bonchev–Trinajstić information content (AvgIpc) is 2.29. The molecule has 2 rings (SSSR count). The predicted octanol–water partition coefficient (Wildman–Crippen LogP) is -1.92. The van der Waals surface area contributed by atoms with Crippen molar-refractivity contribution in [3.05, 3.63) is 31.3 Å². The first-order chi connectivity index (χ1) is 5.66. The van der Waals surface area contributed by atoms with Crippen LogP contribution in [0.25, 0.3) is 11.2 Å². The van der Waals surface area contributed by atoms with Gasteiger partial charge < -0.3 is 2.85 Å². The number of nitrogens with one attached hydrogen (secondary N) is 4. The molecule has 0 unspecified atom stereocenters. The minimum Gasteiger partial charge on any atom is -1.00 e. The molecule has 2 heterocycles. The van der Waals surface area contributed by atoms with E-state index >= 15 is 0 Å². The van der Waals surface area contributed by atoms with Crippen molar-refractivity contribution < 1.29 is 2.85 Å². The summed E-state index contributed by atoms with van der Waals surface area (Å²) in [5.74, 6) is 0. The Balaban J connectivity index is 0. The predicted molar refractivity (Wildman–Crippen MR) is 48.1 cm³/mol. The van der Waals surface area contributed by atoms with Crippen LogP contribution in [0.1, 0.15) is 2.85 Å². The van der Waals surface area contributed by atoms with E-state index in [1.54, 1.807) is 0 Å². The minimum absolute atomic E-state index is 0. The van der Waals surface area contributed by atoms with Gasteiger partial charge in [0.2, 0.25) is 0 Å². The quantitative estimate of drug-likeness (QED) is 0.380. The molecule has 2 aromatic heterocycles. The molecule has 0 bridgehead atoms. The summed E-state index contributed by atoms with van der Waals surface area (Å²) in [6.07, 6.45) is 0. The summed E-state index contributed by atoms with van der Waals surface area (Å²) in [7, 11) is 0. The van der Waals surface area contributed by atoms with E-state index in [1.807, 2.05) is 4.98 Å². The van der Waals surface area contributed by atoms with E-state index in [0.29, 0.717) is 0 Å². The van der Waals surface area contributed by atoms with Gasteiger partial charge in [-0.2, -0.15) is 0 Å². The first-order valence-electron chi connectivity index (χ1n) is 3.11. The molecule has 66 valence electrons. The molecule has 0 aromatic carbocycles. The second-order valence-electron chi connectivity index (χ2n) is 2.24. The van der Waals surface area contributed by atoms with Crippen LogP contribution >= 0.6 is 0 Å². The zero-order chi connectivity index (χ0) is 8.72. The van der Waals surface area contributed by atoms with Gasteiger partial charge in [-0.3, -0.25) is 24.7 Å². The Hall–Kier alpha value is -0.790. The van der Waals surface area contributed by atoms with Crippen LogP contribution in [0.15, 0.2) is 14.4 Å². The summed E-state index contributed by atoms with van der Waals surface area (Å²) in [6, 6.07) is 0. The molecule has 0 amide bonds. The van der Waals surface area contributed by atoms with Crippen molar-refractivity contribution >= 4 is 48.9 Å². The van der Waals surface area contributed by atoms with Crippen LogP contribution in [0, 0.1) is 0 Å². The Morgan fingerprint density at radius 3 is 2.00 bits per heavy atom. The third-order valence-electron chi connectivity index (χ3n) is 1.42. The molecule has 4 N–H and O–H groups in total. The molecule has 13 heavy (non-hydrogen) atoms. The minimum atomic E-state index is -0.650. The monoisotopic (exact) mass is 210 g/mol. The van der Waals surface area contributed by atoms with Crippen LogP contribution in [0.4, 0.5) is 0 Å². The molecule has 0 aliphatic carbocycles. The van der Waals surface area contributed by atoms with E-state index in [1.165, 1.54) is 0 Å². The second kappa shape index (κ2) is 3.52. The van der Waals surface area contributed by atoms with Crippen molar-refractivity contribution in [2.45, 2.75) is 0 Å². The Morgan fingerprint density at radius 1 is 0.846 bits per heavy atom. The fraction of sp³-hybridized carbons (Fsp3) is 0. The van der Waals surface area contributed by atoms with E-state index < -0.39 is 16.9 Å². The molecule has 2 aromatic rings. The summed E-state index contributed by atoms with van der Waals surface area (Å²) < 4.78 is 0. The summed E-state index contributed by atoms with van der Waals surface area (Å²) in [4.78, 5) is 41.0. The van der Waals surface area contributed by atoms with Gasteiger partial charge in [0.1, 0.15) is 11.2 Å². The Kier molecular flexibility index (Phi) is 2.79. The zero-order valence-electron chi connectivity index (χ0n) is 8.43. The fourth-order valence-corrected chi connectivity index (χ4v) is 0.958. The fourth-order valence-electron chi connectivity index (χ4n) is 0.958. The summed E-state index contributed by atoms with van der Waals surface area (Å²) in [5, 5.41) is 0. The molecule has 0 spiro atoms. The number of fused-ring (bicyclic) bond motifs is 1. The topological polar surface area (TPSA) is 114 Å². The second-order valence-corrected chi connectivity index (χ2v) is 2.24. The van der Waals surface area contributed by atoms with E-state index in [2.05, 4.69) is 15.0 Å². The van der Waals surface area contributed by atoms with Gasteiger partial charge in [-0.05, 0) is 0 Å². The third-order valence-corrected chi connectivity index (χ3v) is 1.42. The molecule has 0 fully saturated rings. The molecule has 8 heteroatoms. The van der Waals surface area contributed by atoms with Crippen molar-refractivity contribution in [2.24, 2.45) is 0 Å². The zero-order valence-corrected chi connectivity index (χ0v) is 8.64. The number of rotatable bonds is 0.